The number of anilines is 1. The van der Waals surface area contributed by atoms with Crippen LogP contribution in [0.2, 0.25) is 0 Å². The van der Waals surface area contributed by atoms with Crippen molar-refractivity contribution in [2.75, 3.05) is 25.0 Å². The van der Waals surface area contributed by atoms with E-state index in [4.69, 9.17) is 9.47 Å². The molecule has 0 spiro atoms. The fourth-order valence-electron chi connectivity index (χ4n) is 4.55. The first-order valence-electron chi connectivity index (χ1n) is 11.7. The molecule has 1 saturated carbocycles. The van der Waals surface area contributed by atoms with Gasteiger partial charge in [-0.1, -0.05) is 45.1 Å². The van der Waals surface area contributed by atoms with Crippen LogP contribution in [0.1, 0.15) is 77.6 Å². The van der Waals surface area contributed by atoms with Gasteiger partial charge < -0.3 is 9.47 Å². The minimum atomic E-state index is -0.348. The first kappa shape index (κ1) is 21.9. The van der Waals surface area contributed by atoms with Crippen LogP contribution in [-0.4, -0.2) is 42.8 Å². The smallest absolute Gasteiger partial charge is 0.411 e. The lowest BCUT2D eigenvalue weighted by Crippen LogP contribution is -2.49. The van der Waals surface area contributed by atoms with Gasteiger partial charge >= 0.3 is 6.09 Å². The molecule has 0 radical (unpaired) electrons. The average Bonchev–Trinajstić information content (AvgIpc) is 2.75. The van der Waals surface area contributed by atoms with Crippen LogP contribution in [0.3, 0.4) is 0 Å². The summed E-state index contributed by atoms with van der Waals surface area (Å²) < 4.78 is 11.7. The molecule has 0 aromatic heterocycles. The van der Waals surface area contributed by atoms with E-state index in [1.54, 1.807) is 0 Å². The van der Waals surface area contributed by atoms with E-state index in [2.05, 4.69) is 17.1 Å². The minimum absolute atomic E-state index is 0.000140. The quantitative estimate of drug-likeness (QED) is 0.515. The standard InChI is InChI=1S/C24H38N2O3/c1-2-3-4-10-18-28-21-13-11-12-20(19-21)25-24(27)29-23-15-7-6-14-22(23)26-16-8-5-9-17-26/h11-13,19,22-23H,2-10,14-18H2,1H3,(H,25,27)/t22-,23-/m0/s1. The lowest BCUT2D eigenvalue weighted by Gasteiger charge is -2.41. The molecule has 1 amide bonds. The van der Waals surface area contributed by atoms with Gasteiger partial charge in [0.1, 0.15) is 11.9 Å². The third-order valence-electron chi connectivity index (χ3n) is 6.13. The average molecular weight is 403 g/mol. The van der Waals surface area contributed by atoms with Crippen molar-refractivity contribution in [2.45, 2.75) is 89.7 Å². The predicted octanol–water partition coefficient (Wildman–Crippen LogP) is 5.99. The number of nitrogens with one attached hydrogen (secondary N) is 1. The normalized spacial score (nSPS) is 22.8. The van der Waals surface area contributed by atoms with Crippen molar-refractivity contribution in [1.82, 2.24) is 4.90 Å². The van der Waals surface area contributed by atoms with Crippen molar-refractivity contribution < 1.29 is 14.3 Å². The number of ether oxygens (including phenoxy) is 2. The molecular formula is C24H38N2O3. The molecule has 0 bridgehead atoms. The van der Waals surface area contributed by atoms with Gasteiger partial charge in [-0.3, -0.25) is 10.2 Å². The van der Waals surface area contributed by atoms with Crippen LogP contribution in [0.5, 0.6) is 5.75 Å². The molecule has 162 valence electrons. The summed E-state index contributed by atoms with van der Waals surface area (Å²) in [7, 11) is 0. The van der Waals surface area contributed by atoms with E-state index in [-0.39, 0.29) is 12.2 Å². The highest BCUT2D eigenvalue weighted by atomic mass is 16.6. The molecule has 3 rings (SSSR count). The third kappa shape index (κ3) is 7.22. The largest absolute Gasteiger partial charge is 0.494 e. The third-order valence-corrected chi connectivity index (χ3v) is 6.13. The number of unbranched alkanes of at least 4 members (excludes halogenated alkanes) is 3. The van der Waals surface area contributed by atoms with Gasteiger partial charge in [-0.15, -0.1) is 0 Å². The number of piperidine rings is 1. The summed E-state index contributed by atoms with van der Waals surface area (Å²) in [5.74, 6) is 0.795. The van der Waals surface area contributed by atoms with Crippen LogP contribution in [-0.2, 0) is 4.74 Å². The molecule has 2 aliphatic rings. The maximum atomic E-state index is 12.6. The molecule has 1 aromatic rings. The van der Waals surface area contributed by atoms with Gasteiger partial charge in [0, 0.05) is 17.8 Å². The van der Waals surface area contributed by atoms with E-state index in [0.29, 0.717) is 12.6 Å². The summed E-state index contributed by atoms with van der Waals surface area (Å²) in [4.78, 5) is 15.1. The number of rotatable bonds is 9. The van der Waals surface area contributed by atoms with E-state index < -0.39 is 0 Å². The summed E-state index contributed by atoms with van der Waals surface area (Å²) in [5.41, 5.74) is 0.728. The Hall–Kier alpha value is -1.75. The lowest BCUT2D eigenvalue weighted by atomic mass is 9.90. The SMILES string of the molecule is CCCCCCOc1cccc(NC(=O)O[C@H]2CCCC[C@@H]2N2CCCCC2)c1. The number of nitrogens with zero attached hydrogens (tertiary/aromatic N) is 1. The fraction of sp³-hybridized carbons (Fsp3) is 0.708. The van der Waals surface area contributed by atoms with Crippen molar-refractivity contribution in [3.05, 3.63) is 24.3 Å². The summed E-state index contributed by atoms with van der Waals surface area (Å²) >= 11 is 0. The highest BCUT2D eigenvalue weighted by Gasteiger charge is 2.33. The van der Waals surface area contributed by atoms with Gasteiger partial charge in [0.05, 0.1) is 6.61 Å². The molecule has 1 aliphatic heterocycles. The Labute approximate surface area is 176 Å². The van der Waals surface area contributed by atoms with Crippen LogP contribution in [0.4, 0.5) is 10.5 Å². The fourth-order valence-corrected chi connectivity index (χ4v) is 4.55. The van der Waals surface area contributed by atoms with Crippen LogP contribution in [0.15, 0.2) is 24.3 Å². The summed E-state index contributed by atoms with van der Waals surface area (Å²) in [6.07, 6.45) is 12.7. The number of amides is 1. The van der Waals surface area contributed by atoms with Crippen LogP contribution >= 0.6 is 0 Å². The number of carbonyl (C=O) groups excluding carboxylic acids is 1. The number of likely N-dealkylation sites (tertiary alicyclic amines) is 1. The molecular weight excluding hydrogens is 364 g/mol. The number of benzene rings is 1. The Morgan fingerprint density at radius 2 is 1.90 bits per heavy atom. The second-order valence-corrected chi connectivity index (χ2v) is 8.45. The molecule has 5 nitrogen and oxygen atoms in total. The molecule has 2 fully saturated rings. The lowest BCUT2D eigenvalue weighted by molar-refractivity contribution is 0.00174. The van der Waals surface area contributed by atoms with E-state index in [0.717, 1.165) is 50.2 Å². The molecule has 1 saturated heterocycles. The van der Waals surface area contributed by atoms with Crippen molar-refractivity contribution >= 4 is 11.8 Å². The molecule has 0 unspecified atom stereocenters. The van der Waals surface area contributed by atoms with Crippen LogP contribution in [0.25, 0.3) is 0 Å². The van der Waals surface area contributed by atoms with Gasteiger partial charge in [-0.25, -0.2) is 4.79 Å². The van der Waals surface area contributed by atoms with Gasteiger partial charge in [-0.05, 0) is 63.7 Å². The zero-order valence-corrected chi connectivity index (χ0v) is 18.0. The monoisotopic (exact) mass is 402 g/mol. The number of hydrogen-bond donors (Lipinski definition) is 1. The van der Waals surface area contributed by atoms with E-state index >= 15 is 0 Å². The molecule has 5 heteroatoms. The van der Waals surface area contributed by atoms with Crippen molar-refractivity contribution in [3.8, 4) is 5.75 Å². The maximum absolute atomic E-state index is 12.6. The number of carbonyl (C=O) groups is 1. The first-order valence-corrected chi connectivity index (χ1v) is 11.7. The van der Waals surface area contributed by atoms with Crippen molar-refractivity contribution in [2.24, 2.45) is 0 Å². The second-order valence-electron chi connectivity index (χ2n) is 8.45. The molecule has 1 aliphatic carbocycles. The van der Waals surface area contributed by atoms with Gasteiger partial charge in [0.15, 0.2) is 0 Å². The minimum Gasteiger partial charge on any atom is -0.494 e. The van der Waals surface area contributed by atoms with E-state index in [9.17, 15) is 4.79 Å². The van der Waals surface area contributed by atoms with Crippen LogP contribution < -0.4 is 10.1 Å². The zero-order chi connectivity index (χ0) is 20.3. The zero-order valence-electron chi connectivity index (χ0n) is 18.0. The molecule has 1 heterocycles. The number of hydrogen-bond acceptors (Lipinski definition) is 4. The van der Waals surface area contributed by atoms with E-state index in [1.807, 2.05) is 24.3 Å². The topological polar surface area (TPSA) is 50.8 Å². The Balaban J connectivity index is 1.48. The molecule has 2 atom stereocenters. The Morgan fingerprint density at radius 1 is 1.07 bits per heavy atom. The van der Waals surface area contributed by atoms with Gasteiger partial charge in [-0.2, -0.15) is 0 Å². The molecule has 29 heavy (non-hydrogen) atoms. The Bertz CT molecular complexity index is 616. The Morgan fingerprint density at radius 3 is 2.72 bits per heavy atom. The second kappa shape index (κ2) is 12.1. The van der Waals surface area contributed by atoms with Crippen molar-refractivity contribution in [1.29, 1.82) is 0 Å². The molecule has 1 N–H and O–H groups in total. The summed E-state index contributed by atoms with van der Waals surface area (Å²) in [6.45, 7) is 5.21. The summed E-state index contributed by atoms with van der Waals surface area (Å²) in [6, 6.07) is 7.99. The van der Waals surface area contributed by atoms with Crippen molar-refractivity contribution in [3.63, 3.8) is 0 Å². The highest BCUT2D eigenvalue weighted by molar-refractivity contribution is 5.85. The molecule has 1 aromatic carbocycles. The summed E-state index contributed by atoms with van der Waals surface area (Å²) in [5, 5.41) is 2.90. The van der Waals surface area contributed by atoms with Crippen LogP contribution in [0, 0.1) is 0 Å². The van der Waals surface area contributed by atoms with Gasteiger partial charge in [0.25, 0.3) is 0 Å². The van der Waals surface area contributed by atoms with Gasteiger partial charge in [0.2, 0.25) is 0 Å². The highest BCUT2D eigenvalue weighted by Crippen LogP contribution is 2.28. The maximum Gasteiger partial charge on any atom is 0.411 e. The predicted molar refractivity (Wildman–Crippen MR) is 118 cm³/mol. The first-order chi connectivity index (χ1) is 14.3. The Kier molecular flexibility index (Phi) is 9.13. The van der Waals surface area contributed by atoms with E-state index in [1.165, 1.54) is 44.9 Å².